The van der Waals surface area contributed by atoms with E-state index < -0.39 is 0 Å². The SMILES string of the molecule is Cc1nn2c(C#N)c(C(C)C)nc2s1. The van der Waals surface area contributed by atoms with Crippen molar-refractivity contribution in [3.63, 3.8) is 0 Å². The van der Waals surface area contributed by atoms with Gasteiger partial charge in [-0.15, -0.1) is 0 Å². The van der Waals surface area contributed by atoms with E-state index in [1.165, 1.54) is 11.3 Å². The smallest absolute Gasteiger partial charge is 0.213 e. The normalized spacial score (nSPS) is 11.1. The Bertz CT molecular complexity index is 515. The number of rotatable bonds is 1. The van der Waals surface area contributed by atoms with Crippen LogP contribution in [0.15, 0.2) is 0 Å². The maximum absolute atomic E-state index is 9.02. The molecule has 0 atom stereocenters. The van der Waals surface area contributed by atoms with Gasteiger partial charge in [-0.2, -0.15) is 14.9 Å². The van der Waals surface area contributed by atoms with Gasteiger partial charge >= 0.3 is 0 Å². The van der Waals surface area contributed by atoms with Gasteiger partial charge in [0.05, 0.1) is 5.69 Å². The van der Waals surface area contributed by atoms with Gasteiger partial charge in [-0.05, 0) is 12.8 Å². The molecule has 2 aromatic rings. The first kappa shape index (κ1) is 9.16. The van der Waals surface area contributed by atoms with E-state index in [0.717, 1.165) is 15.7 Å². The van der Waals surface area contributed by atoms with Gasteiger partial charge in [-0.1, -0.05) is 25.2 Å². The molecule has 2 aromatic heterocycles. The van der Waals surface area contributed by atoms with Crippen LogP contribution in [0.1, 0.15) is 36.2 Å². The molecule has 2 heterocycles. The molecule has 5 heteroatoms. The van der Waals surface area contributed by atoms with Crippen LogP contribution in [0.2, 0.25) is 0 Å². The molecule has 72 valence electrons. The van der Waals surface area contributed by atoms with Gasteiger partial charge in [0.2, 0.25) is 4.96 Å². The van der Waals surface area contributed by atoms with Gasteiger partial charge < -0.3 is 0 Å². The fourth-order valence-corrected chi connectivity index (χ4v) is 2.12. The van der Waals surface area contributed by atoms with Crippen LogP contribution in [0.5, 0.6) is 0 Å². The van der Waals surface area contributed by atoms with Crippen LogP contribution < -0.4 is 0 Å². The lowest BCUT2D eigenvalue weighted by molar-refractivity contribution is 0.820. The highest BCUT2D eigenvalue weighted by Crippen LogP contribution is 2.22. The van der Waals surface area contributed by atoms with Crippen LogP contribution in [-0.4, -0.2) is 14.6 Å². The summed E-state index contributed by atoms with van der Waals surface area (Å²) in [4.78, 5) is 5.21. The van der Waals surface area contributed by atoms with Crippen molar-refractivity contribution in [2.75, 3.05) is 0 Å². The van der Waals surface area contributed by atoms with Crippen LogP contribution >= 0.6 is 11.3 Å². The number of hydrogen-bond acceptors (Lipinski definition) is 4. The highest BCUT2D eigenvalue weighted by Gasteiger charge is 2.17. The number of fused-ring (bicyclic) bond motifs is 1. The van der Waals surface area contributed by atoms with E-state index in [1.807, 2.05) is 20.8 Å². The first-order valence-corrected chi connectivity index (χ1v) is 5.21. The maximum Gasteiger partial charge on any atom is 0.213 e. The van der Waals surface area contributed by atoms with Crippen LogP contribution in [0.4, 0.5) is 0 Å². The van der Waals surface area contributed by atoms with Crippen LogP contribution in [0.25, 0.3) is 4.96 Å². The number of nitrogens with zero attached hydrogens (tertiary/aromatic N) is 4. The van der Waals surface area contributed by atoms with Crippen molar-refractivity contribution in [3.05, 3.63) is 16.4 Å². The zero-order valence-electron chi connectivity index (χ0n) is 8.27. The van der Waals surface area contributed by atoms with Crippen LogP contribution in [0.3, 0.4) is 0 Å². The van der Waals surface area contributed by atoms with Crippen molar-refractivity contribution in [3.8, 4) is 6.07 Å². The molecule has 4 nitrogen and oxygen atoms in total. The van der Waals surface area contributed by atoms with Gasteiger partial charge in [-0.3, -0.25) is 0 Å². The Morgan fingerprint density at radius 2 is 2.21 bits per heavy atom. The van der Waals surface area contributed by atoms with Crippen molar-refractivity contribution in [1.29, 1.82) is 5.26 Å². The minimum absolute atomic E-state index is 0.263. The molecule has 0 aliphatic rings. The molecule has 0 N–H and O–H groups in total. The minimum atomic E-state index is 0.263. The fraction of sp³-hybridized carbons (Fsp3) is 0.444. The summed E-state index contributed by atoms with van der Waals surface area (Å²) in [5.41, 5.74) is 1.41. The van der Waals surface area contributed by atoms with Gasteiger partial charge in [0, 0.05) is 0 Å². The molecular weight excluding hydrogens is 196 g/mol. The first-order valence-electron chi connectivity index (χ1n) is 4.39. The number of nitriles is 1. The second-order valence-corrected chi connectivity index (χ2v) is 4.59. The van der Waals surface area contributed by atoms with Crippen molar-refractivity contribution in [2.45, 2.75) is 26.7 Å². The largest absolute Gasteiger partial charge is 0.221 e. The van der Waals surface area contributed by atoms with Gasteiger partial charge in [0.1, 0.15) is 11.1 Å². The highest BCUT2D eigenvalue weighted by atomic mass is 32.1. The number of aromatic nitrogens is 3. The lowest BCUT2D eigenvalue weighted by atomic mass is 10.1. The van der Waals surface area contributed by atoms with Crippen molar-refractivity contribution in [1.82, 2.24) is 14.6 Å². The summed E-state index contributed by atoms with van der Waals surface area (Å²) in [6, 6.07) is 2.16. The van der Waals surface area contributed by atoms with E-state index in [9.17, 15) is 0 Å². The molecule has 0 saturated carbocycles. The van der Waals surface area contributed by atoms with Crippen molar-refractivity contribution < 1.29 is 0 Å². The third-order valence-corrected chi connectivity index (χ3v) is 2.81. The van der Waals surface area contributed by atoms with Crippen molar-refractivity contribution in [2.24, 2.45) is 0 Å². The standard InChI is InChI=1S/C9H10N4S/c1-5(2)8-7(4-10)13-9(11-8)14-6(3)12-13/h5H,1-3H3. The predicted molar refractivity (Wildman–Crippen MR) is 54.4 cm³/mol. The Kier molecular flexibility index (Phi) is 2.01. The highest BCUT2D eigenvalue weighted by molar-refractivity contribution is 7.16. The second kappa shape index (κ2) is 3.07. The Labute approximate surface area is 85.8 Å². The number of hydrogen-bond donors (Lipinski definition) is 0. The fourth-order valence-electron chi connectivity index (χ4n) is 1.37. The summed E-state index contributed by atoms with van der Waals surface area (Å²) in [7, 11) is 0. The molecule has 0 amide bonds. The molecule has 14 heavy (non-hydrogen) atoms. The van der Waals surface area contributed by atoms with Gasteiger partial charge in [0.15, 0.2) is 5.69 Å². The summed E-state index contributed by atoms with van der Waals surface area (Å²) in [6.45, 7) is 5.97. The lowest BCUT2D eigenvalue weighted by Crippen LogP contribution is -1.95. The molecule has 0 saturated heterocycles. The van der Waals surface area contributed by atoms with E-state index >= 15 is 0 Å². The summed E-state index contributed by atoms with van der Waals surface area (Å²) in [5.74, 6) is 0.263. The summed E-state index contributed by atoms with van der Waals surface area (Å²) in [5, 5.41) is 14.2. The molecule has 0 unspecified atom stereocenters. The predicted octanol–water partition coefficient (Wildman–Crippen LogP) is 2.09. The topological polar surface area (TPSA) is 54.0 Å². The van der Waals surface area contributed by atoms with Crippen molar-refractivity contribution >= 4 is 16.3 Å². The quantitative estimate of drug-likeness (QED) is 0.718. The summed E-state index contributed by atoms with van der Waals surface area (Å²) in [6.07, 6.45) is 0. The van der Waals surface area contributed by atoms with E-state index in [4.69, 9.17) is 5.26 Å². The molecule has 0 radical (unpaired) electrons. The minimum Gasteiger partial charge on any atom is -0.221 e. The molecule has 0 fully saturated rings. The average molecular weight is 206 g/mol. The Morgan fingerprint density at radius 3 is 2.79 bits per heavy atom. The van der Waals surface area contributed by atoms with E-state index in [-0.39, 0.29) is 5.92 Å². The zero-order valence-corrected chi connectivity index (χ0v) is 9.09. The molecule has 2 rings (SSSR count). The van der Waals surface area contributed by atoms with E-state index in [1.54, 1.807) is 4.52 Å². The lowest BCUT2D eigenvalue weighted by Gasteiger charge is -1.98. The number of imidazole rings is 1. The Hall–Kier alpha value is -1.41. The number of aryl methyl sites for hydroxylation is 1. The second-order valence-electron chi connectivity index (χ2n) is 3.43. The molecule has 0 spiro atoms. The van der Waals surface area contributed by atoms with E-state index in [0.29, 0.717) is 5.69 Å². The zero-order chi connectivity index (χ0) is 10.3. The molecule has 0 aromatic carbocycles. The van der Waals surface area contributed by atoms with E-state index in [2.05, 4.69) is 16.2 Å². The first-order chi connectivity index (χ1) is 6.63. The molecule has 0 aliphatic carbocycles. The summed E-state index contributed by atoms with van der Waals surface area (Å²) < 4.78 is 1.63. The Morgan fingerprint density at radius 1 is 1.50 bits per heavy atom. The summed E-state index contributed by atoms with van der Waals surface area (Å²) >= 11 is 1.51. The van der Waals surface area contributed by atoms with Gasteiger partial charge in [-0.25, -0.2) is 4.98 Å². The Balaban J connectivity index is 2.76. The molecule has 0 bridgehead atoms. The third-order valence-electron chi connectivity index (χ3n) is 1.98. The van der Waals surface area contributed by atoms with Gasteiger partial charge in [0.25, 0.3) is 0 Å². The monoisotopic (exact) mass is 206 g/mol. The maximum atomic E-state index is 9.02. The third kappa shape index (κ3) is 1.19. The average Bonchev–Trinajstić information content (AvgIpc) is 2.59. The molecule has 0 aliphatic heterocycles. The van der Waals surface area contributed by atoms with Crippen LogP contribution in [0, 0.1) is 18.3 Å². The molecular formula is C9H10N4S. The van der Waals surface area contributed by atoms with Crippen LogP contribution in [-0.2, 0) is 0 Å².